The number of nitrogens with one attached hydrogen (secondary N) is 1. The highest BCUT2D eigenvalue weighted by molar-refractivity contribution is 6.42. The number of ether oxygens (including phenoxy) is 2. The molecule has 0 spiro atoms. The Morgan fingerprint density at radius 3 is 2.35 bits per heavy atom. The number of hydrogen-bond donors (Lipinski definition) is 1. The highest BCUT2D eigenvalue weighted by Crippen LogP contribution is 2.37. The zero-order chi connectivity index (χ0) is 36.3. The number of methoxy groups -OCH3 is 1. The largest absolute Gasteiger partial charge is 0.469 e. The Kier molecular flexibility index (Phi) is 11.2. The number of aromatic nitrogens is 3. The van der Waals surface area contributed by atoms with Crippen molar-refractivity contribution in [3.05, 3.63) is 105 Å². The van der Waals surface area contributed by atoms with Crippen LogP contribution in [0.25, 0.3) is 11.3 Å². The van der Waals surface area contributed by atoms with Crippen LogP contribution in [-0.2, 0) is 34.0 Å². The van der Waals surface area contributed by atoms with Crippen molar-refractivity contribution in [3.63, 3.8) is 0 Å². The molecule has 2 aromatic heterocycles. The van der Waals surface area contributed by atoms with Gasteiger partial charge in [-0.3, -0.25) is 9.59 Å². The maximum atomic E-state index is 14.1. The van der Waals surface area contributed by atoms with Gasteiger partial charge in [-0.1, -0.05) is 29.3 Å². The zero-order valence-corrected chi connectivity index (χ0v) is 28.4. The van der Waals surface area contributed by atoms with Crippen molar-refractivity contribution < 1.29 is 41.4 Å². The number of alkyl halides is 3. The quantitative estimate of drug-likeness (QED) is 0.151. The molecule has 2 heterocycles. The van der Waals surface area contributed by atoms with Gasteiger partial charge in [-0.15, -0.1) is 4.99 Å². The summed E-state index contributed by atoms with van der Waals surface area (Å²) < 4.78 is 69.4. The van der Waals surface area contributed by atoms with E-state index in [1.165, 1.54) is 46.6 Å². The molecule has 4 aromatic rings. The van der Waals surface area contributed by atoms with Crippen molar-refractivity contribution in [2.75, 3.05) is 7.11 Å². The fourth-order valence-corrected chi connectivity index (χ4v) is 5.02. The van der Waals surface area contributed by atoms with E-state index in [1.807, 2.05) is 0 Å². The number of aryl methyl sites for hydroxylation is 1. The average molecular weight is 725 g/mol. The minimum Gasteiger partial charge on any atom is -0.469 e. The van der Waals surface area contributed by atoms with Crippen molar-refractivity contribution in [1.82, 2.24) is 19.4 Å². The van der Waals surface area contributed by atoms with E-state index in [0.717, 1.165) is 12.1 Å². The number of rotatable bonds is 8. The number of imidazole rings is 1. The molecule has 0 saturated heterocycles. The van der Waals surface area contributed by atoms with Crippen LogP contribution >= 0.6 is 23.2 Å². The fraction of sp³-hybridized carbons (Fsp3) is 0.303. The number of carbonyl (C=O) groups is 3. The van der Waals surface area contributed by atoms with Gasteiger partial charge in [0.15, 0.2) is 0 Å². The second kappa shape index (κ2) is 14.8. The first-order chi connectivity index (χ1) is 22.8. The predicted octanol–water partition coefficient (Wildman–Crippen LogP) is 7.27. The van der Waals surface area contributed by atoms with Crippen LogP contribution in [0.2, 0.25) is 10.0 Å². The molecule has 16 heteroatoms. The van der Waals surface area contributed by atoms with Gasteiger partial charge in [0.05, 0.1) is 47.4 Å². The third kappa shape index (κ3) is 9.70. The molecule has 0 bridgehead atoms. The summed E-state index contributed by atoms with van der Waals surface area (Å²) in [4.78, 5) is 46.8. The molecular weight excluding hydrogens is 693 g/mol. The van der Waals surface area contributed by atoms with Crippen molar-refractivity contribution in [3.8, 4) is 11.3 Å². The molecule has 260 valence electrons. The number of hydrogen-bond acceptors (Lipinski definition) is 6. The number of benzene rings is 2. The van der Waals surface area contributed by atoms with Gasteiger partial charge >= 0.3 is 18.2 Å². The summed E-state index contributed by atoms with van der Waals surface area (Å²) in [5.74, 6) is -2.66. The molecule has 0 saturated carbocycles. The number of carbonyl (C=O) groups excluding carboxylic acids is 3. The molecule has 2 aromatic carbocycles. The number of nitrogens with zero attached hydrogens (tertiary/aromatic N) is 4. The molecule has 0 fully saturated rings. The van der Waals surface area contributed by atoms with Gasteiger partial charge in [-0.2, -0.15) is 13.2 Å². The highest BCUT2D eigenvalue weighted by atomic mass is 35.5. The van der Waals surface area contributed by atoms with Gasteiger partial charge in [0.1, 0.15) is 17.1 Å². The van der Waals surface area contributed by atoms with Crippen LogP contribution in [0.3, 0.4) is 0 Å². The Hall–Kier alpha value is -4.69. The maximum absolute atomic E-state index is 14.1. The Morgan fingerprint density at radius 1 is 1.00 bits per heavy atom. The van der Waals surface area contributed by atoms with Gasteiger partial charge in [0.25, 0.3) is 5.91 Å². The Bertz CT molecular complexity index is 1970. The van der Waals surface area contributed by atoms with E-state index in [0.29, 0.717) is 11.6 Å². The monoisotopic (exact) mass is 723 g/mol. The molecule has 2 amide bonds. The molecule has 0 aliphatic heterocycles. The lowest BCUT2D eigenvalue weighted by Crippen LogP contribution is -2.31. The third-order valence-corrected chi connectivity index (χ3v) is 7.65. The number of halogens is 6. The summed E-state index contributed by atoms with van der Waals surface area (Å²) in [6, 6.07) is 8.18. The van der Waals surface area contributed by atoms with Crippen molar-refractivity contribution in [2.24, 2.45) is 12.0 Å². The van der Waals surface area contributed by atoms with Gasteiger partial charge < -0.3 is 23.9 Å². The van der Waals surface area contributed by atoms with Crippen molar-refractivity contribution in [2.45, 2.75) is 51.6 Å². The minimum absolute atomic E-state index is 0.0980. The van der Waals surface area contributed by atoms with Gasteiger partial charge in [0, 0.05) is 25.0 Å². The number of esters is 1. The van der Waals surface area contributed by atoms with Gasteiger partial charge in [-0.25, -0.2) is 14.2 Å². The van der Waals surface area contributed by atoms with Crippen molar-refractivity contribution in [1.29, 1.82) is 0 Å². The molecule has 1 atom stereocenters. The lowest BCUT2D eigenvalue weighted by atomic mass is 10.0. The van der Waals surface area contributed by atoms with E-state index < -0.39 is 52.7 Å². The highest BCUT2D eigenvalue weighted by Gasteiger charge is 2.35. The molecule has 4 rings (SSSR count). The van der Waals surface area contributed by atoms with Crippen LogP contribution in [0, 0.1) is 5.82 Å². The summed E-state index contributed by atoms with van der Waals surface area (Å²) in [5.41, 5.74) is -2.47. The first-order valence-electron chi connectivity index (χ1n) is 14.5. The normalized spacial score (nSPS) is 12.8. The minimum atomic E-state index is -4.97. The summed E-state index contributed by atoms with van der Waals surface area (Å²) in [6.07, 6.45) is -3.02. The SMILES string of the molecule is COC(=O)CC(NC(=O)c1cc(Cn2ccn(C)/c2=N/C(=O)OC(C)(C)C)cc(-c2ccc(F)cc2C(F)(F)F)n1)c1ccc(Cl)c(Cl)c1. The third-order valence-electron chi connectivity index (χ3n) is 6.91. The topological polar surface area (TPSA) is 117 Å². The lowest BCUT2D eigenvalue weighted by molar-refractivity contribution is -0.141. The van der Waals surface area contributed by atoms with E-state index in [-0.39, 0.29) is 45.6 Å². The first-order valence-corrected chi connectivity index (χ1v) is 15.3. The molecule has 1 N–H and O–H groups in total. The Morgan fingerprint density at radius 2 is 1.71 bits per heavy atom. The molecule has 1 unspecified atom stereocenters. The standard InChI is InChI=1S/C33H31Cl2F4N5O5/c1-32(2,3)49-31(47)42-30-43(4)10-11-44(30)17-18-12-26(21-8-7-20(36)15-22(21)33(37,38)39)40-27(13-18)29(46)41-25(16-28(45)48-5)19-6-9-23(34)24(35)14-19/h6-15,25H,16-17H2,1-5H3,(H,41,46)/b42-30-. The van der Waals surface area contributed by atoms with E-state index in [4.69, 9.17) is 32.7 Å². The Labute approximate surface area is 288 Å². The second-order valence-corrected chi connectivity index (χ2v) is 12.7. The molecule has 0 radical (unpaired) electrons. The lowest BCUT2D eigenvalue weighted by Gasteiger charge is -2.20. The molecule has 10 nitrogen and oxygen atoms in total. The Balaban J connectivity index is 1.84. The van der Waals surface area contributed by atoms with E-state index in [1.54, 1.807) is 40.2 Å². The molecule has 0 aliphatic carbocycles. The van der Waals surface area contributed by atoms with E-state index in [2.05, 4.69) is 15.3 Å². The molecule has 0 aliphatic rings. The van der Waals surface area contributed by atoms with Gasteiger partial charge in [-0.05, 0) is 74.4 Å². The number of amides is 2. The van der Waals surface area contributed by atoms with Crippen LogP contribution in [-0.4, -0.2) is 44.8 Å². The fourth-order valence-electron chi connectivity index (χ4n) is 4.72. The summed E-state index contributed by atoms with van der Waals surface area (Å²) in [7, 11) is 2.79. The molecule has 49 heavy (non-hydrogen) atoms. The predicted molar refractivity (Wildman–Crippen MR) is 172 cm³/mol. The van der Waals surface area contributed by atoms with E-state index in [9.17, 15) is 31.9 Å². The van der Waals surface area contributed by atoms with Gasteiger partial charge in [0.2, 0.25) is 5.62 Å². The second-order valence-electron chi connectivity index (χ2n) is 11.8. The summed E-state index contributed by atoms with van der Waals surface area (Å²) in [5, 5.41) is 3.04. The number of pyridine rings is 1. The first kappa shape index (κ1) is 37.1. The van der Waals surface area contributed by atoms with Crippen LogP contribution in [0.5, 0.6) is 0 Å². The van der Waals surface area contributed by atoms with Crippen molar-refractivity contribution >= 4 is 41.2 Å². The van der Waals surface area contributed by atoms with Crippen LogP contribution in [0.1, 0.15) is 60.4 Å². The summed E-state index contributed by atoms with van der Waals surface area (Å²) >= 11 is 12.2. The van der Waals surface area contributed by atoms with Crippen LogP contribution < -0.4 is 10.9 Å². The van der Waals surface area contributed by atoms with Crippen LogP contribution in [0.4, 0.5) is 22.4 Å². The average Bonchev–Trinajstić information content (AvgIpc) is 3.34. The smallest absolute Gasteiger partial charge is 0.437 e. The van der Waals surface area contributed by atoms with Crippen LogP contribution in [0.15, 0.2) is 65.9 Å². The molecular formula is C33H31Cl2F4N5O5. The van der Waals surface area contributed by atoms with E-state index >= 15 is 0 Å². The summed E-state index contributed by atoms with van der Waals surface area (Å²) in [6.45, 7) is 4.92. The zero-order valence-electron chi connectivity index (χ0n) is 26.9. The maximum Gasteiger partial charge on any atom is 0.437 e.